The number of esters is 1. The van der Waals surface area contributed by atoms with E-state index in [9.17, 15) is 4.79 Å². The van der Waals surface area contributed by atoms with Crippen LogP contribution in [0, 0.1) is 0 Å². The molecule has 0 saturated carbocycles. The Kier molecular flexibility index (Phi) is 4.88. The van der Waals surface area contributed by atoms with Crippen molar-refractivity contribution in [2.45, 2.75) is 0 Å². The lowest BCUT2D eigenvalue weighted by Gasteiger charge is -1.97. The number of nitrogens with one attached hydrogen (secondary N) is 1. The molecule has 0 atom stereocenters. The van der Waals surface area contributed by atoms with Crippen LogP contribution in [0.15, 0.2) is 36.2 Å². The summed E-state index contributed by atoms with van der Waals surface area (Å²) in [5, 5.41) is 2.81. The molecule has 0 saturated heterocycles. The Morgan fingerprint density at radius 3 is 2.92 bits per heavy atom. The van der Waals surface area contributed by atoms with Crippen LogP contribution in [0.5, 0.6) is 0 Å². The third-order valence-electron chi connectivity index (χ3n) is 1.24. The first kappa shape index (κ1) is 10.8. The molecule has 0 fully saturated rings. The van der Waals surface area contributed by atoms with E-state index >= 15 is 0 Å². The first-order valence-electron chi connectivity index (χ1n) is 3.22. The summed E-state index contributed by atoms with van der Waals surface area (Å²) in [5.74, 6) is -0.336. The van der Waals surface area contributed by atoms with Crippen LogP contribution in [0.25, 0.3) is 0 Å². The molecule has 0 amide bonds. The van der Waals surface area contributed by atoms with E-state index in [2.05, 4.69) is 10.1 Å². The van der Waals surface area contributed by atoms with Crippen molar-refractivity contribution >= 4 is 18.4 Å². The zero-order valence-corrected chi connectivity index (χ0v) is 7.43. The summed E-state index contributed by atoms with van der Waals surface area (Å²) in [5.41, 5.74) is 0.512. The van der Waals surface area contributed by atoms with Gasteiger partial charge in [-0.25, -0.2) is 4.79 Å². The standard InChI is InChI=1S/C8H9NO2.ClH/c1-11-8(10)7-4-2-3-5-9-6-7;/h2-6,9H,1H3;1H. The molecule has 3 nitrogen and oxygen atoms in total. The van der Waals surface area contributed by atoms with Crippen molar-refractivity contribution in [3.05, 3.63) is 36.2 Å². The third kappa shape index (κ3) is 2.80. The van der Waals surface area contributed by atoms with Gasteiger partial charge in [0.2, 0.25) is 0 Å². The van der Waals surface area contributed by atoms with Crippen LogP contribution in [0.4, 0.5) is 0 Å². The topological polar surface area (TPSA) is 38.3 Å². The van der Waals surface area contributed by atoms with Gasteiger partial charge >= 0.3 is 5.97 Å². The summed E-state index contributed by atoms with van der Waals surface area (Å²) in [6.07, 6.45) is 8.57. The number of allylic oxidation sites excluding steroid dienone is 2. The van der Waals surface area contributed by atoms with Crippen molar-refractivity contribution in [3.8, 4) is 0 Å². The molecule has 0 spiro atoms. The summed E-state index contributed by atoms with van der Waals surface area (Å²) >= 11 is 0. The summed E-state index contributed by atoms with van der Waals surface area (Å²) in [4.78, 5) is 10.9. The lowest BCUT2D eigenvalue weighted by Crippen LogP contribution is -2.05. The Bertz CT molecular complexity index is 243. The van der Waals surface area contributed by atoms with Gasteiger partial charge in [-0.1, -0.05) is 6.08 Å². The van der Waals surface area contributed by atoms with E-state index in [0.717, 1.165) is 0 Å². The highest BCUT2D eigenvalue weighted by atomic mass is 35.5. The Morgan fingerprint density at radius 1 is 1.50 bits per heavy atom. The minimum atomic E-state index is -0.336. The average molecular weight is 188 g/mol. The normalized spacial score (nSPS) is 13.6. The lowest BCUT2D eigenvalue weighted by molar-refractivity contribution is -0.135. The molecule has 0 aromatic carbocycles. The first-order valence-corrected chi connectivity index (χ1v) is 3.22. The highest BCUT2D eigenvalue weighted by molar-refractivity contribution is 5.91. The highest BCUT2D eigenvalue weighted by Gasteiger charge is 2.04. The van der Waals surface area contributed by atoms with Crippen molar-refractivity contribution in [1.29, 1.82) is 0 Å². The van der Waals surface area contributed by atoms with Crippen molar-refractivity contribution in [2.75, 3.05) is 7.11 Å². The molecule has 0 aromatic heterocycles. The molecule has 0 aliphatic carbocycles. The predicted molar refractivity (Wildman–Crippen MR) is 48.8 cm³/mol. The third-order valence-corrected chi connectivity index (χ3v) is 1.24. The number of methoxy groups -OCH3 is 1. The monoisotopic (exact) mass is 187 g/mol. The van der Waals surface area contributed by atoms with Gasteiger partial charge in [-0.2, -0.15) is 0 Å². The smallest absolute Gasteiger partial charge is 0.339 e. The molecular formula is C8H10ClNO2. The fourth-order valence-electron chi connectivity index (χ4n) is 0.701. The van der Waals surface area contributed by atoms with E-state index < -0.39 is 0 Å². The number of hydrogen-bond acceptors (Lipinski definition) is 3. The van der Waals surface area contributed by atoms with Crippen LogP contribution in [0.3, 0.4) is 0 Å². The van der Waals surface area contributed by atoms with Gasteiger partial charge in [0.1, 0.15) is 0 Å². The van der Waals surface area contributed by atoms with Crippen molar-refractivity contribution in [1.82, 2.24) is 5.32 Å². The van der Waals surface area contributed by atoms with E-state index in [0.29, 0.717) is 5.57 Å². The van der Waals surface area contributed by atoms with Crippen molar-refractivity contribution in [2.24, 2.45) is 0 Å². The molecule has 0 bridgehead atoms. The molecule has 1 aliphatic heterocycles. The van der Waals surface area contributed by atoms with E-state index in [1.165, 1.54) is 7.11 Å². The van der Waals surface area contributed by atoms with Crippen LogP contribution < -0.4 is 5.32 Å². The largest absolute Gasteiger partial charge is 0.465 e. The maximum absolute atomic E-state index is 10.9. The SMILES string of the molecule is COC(=O)C1=CNC=CC=C1.Cl. The quantitative estimate of drug-likeness (QED) is 0.626. The van der Waals surface area contributed by atoms with Crippen LogP contribution in [0.2, 0.25) is 0 Å². The molecule has 1 N–H and O–H groups in total. The summed E-state index contributed by atoms with van der Waals surface area (Å²) in [6, 6.07) is 0. The predicted octanol–water partition coefficient (Wildman–Crippen LogP) is 1.14. The summed E-state index contributed by atoms with van der Waals surface area (Å²) in [6.45, 7) is 0. The van der Waals surface area contributed by atoms with Crippen LogP contribution >= 0.6 is 12.4 Å². The number of carbonyl (C=O) groups is 1. The van der Waals surface area contributed by atoms with Crippen molar-refractivity contribution in [3.63, 3.8) is 0 Å². The number of rotatable bonds is 1. The molecule has 0 unspecified atom stereocenters. The Morgan fingerprint density at radius 2 is 2.25 bits per heavy atom. The van der Waals surface area contributed by atoms with Gasteiger partial charge in [-0.15, -0.1) is 12.4 Å². The Hall–Kier alpha value is -1.22. The zero-order valence-electron chi connectivity index (χ0n) is 6.61. The van der Waals surface area contributed by atoms with E-state index in [1.807, 2.05) is 0 Å². The molecule has 0 aromatic rings. The maximum atomic E-state index is 10.9. The van der Waals surface area contributed by atoms with Crippen LogP contribution in [0.1, 0.15) is 0 Å². The second-order valence-corrected chi connectivity index (χ2v) is 1.98. The van der Waals surface area contributed by atoms with Gasteiger partial charge in [0.15, 0.2) is 0 Å². The lowest BCUT2D eigenvalue weighted by atomic mass is 10.3. The van der Waals surface area contributed by atoms with E-state index in [4.69, 9.17) is 0 Å². The number of halogens is 1. The van der Waals surface area contributed by atoms with Gasteiger partial charge in [-0.3, -0.25) is 0 Å². The van der Waals surface area contributed by atoms with Crippen LogP contribution in [-0.2, 0) is 9.53 Å². The Labute approximate surface area is 77.2 Å². The average Bonchev–Trinajstić information content (AvgIpc) is 2.30. The molecule has 1 heterocycles. The number of ether oxygens (including phenoxy) is 1. The van der Waals surface area contributed by atoms with Gasteiger partial charge in [0, 0.05) is 12.4 Å². The van der Waals surface area contributed by atoms with Gasteiger partial charge in [0.25, 0.3) is 0 Å². The molecule has 66 valence electrons. The number of carbonyl (C=O) groups excluding carboxylic acids is 1. The molecule has 12 heavy (non-hydrogen) atoms. The second-order valence-electron chi connectivity index (χ2n) is 1.98. The van der Waals surface area contributed by atoms with E-state index in [-0.39, 0.29) is 18.4 Å². The maximum Gasteiger partial charge on any atom is 0.339 e. The molecular weight excluding hydrogens is 178 g/mol. The second kappa shape index (κ2) is 5.43. The molecule has 0 radical (unpaired) electrons. The van der Waals surface area contributed by atoms with Gasteiger partial charge in [0.05, 0.1) is 12.7 Å². The van der Waals surface area contributed by atoms with Crippen LogP contribution in [-0.4, -0.2) is 13.1 Å². The Balaban J connectivity index is 0.00000121. The fraction of sp³-hybridized carbons (Fsp3) is 0.125. The molecule has 1 aliphatic rings. The fourth-order valence-corrected chi connectivity index (χ4v) is 0.701. The zero-order chi connectivity index (χ0) is 8.10. The first-order chi connectivity index (χ1) is 5.34. The summed E-state index contributed by atoms with van der Waals surface area (Å²) in [7, 11) is 1.36. The minimum Gasteiger partial charge on any atom is -0.465 e. The molecule has 1 rings (SSSR count). The number of hydrogen-bond donors (Lipinski definition) is 1. The molecule has 4 heteroatoms. The minimum absolute atomic E-state index is 0. The van der Waals surface area contributed by atoms with Crippen molar-refractivity contribution < 1.29 is 9.53 Å². The van der Waals surface area contributed by atoms with E-state index in [1.54, 1.807) is 30.6 Å². The van der Waals surface area contributed by atoms with Gasteiger partial charge in [-0.05, 0) is 12.2 Å². The summed E-state index contributed by atoms with van der Waals surface area (Å²) < 4.78 is 4.52. The highest BCUT2D eigenvalue weighted by Crippen LogP contribution is 2.00. The van der Waals surface area contributed by atoms with Gasteiger partial charge < -0.3 is 10.1 Å².